The van der Waals surface area contributed by atoms with E-state index in [2.05, 4.69) is 0 Å². The van der Waals surface area contributed by atoms with Gasteiger partial charge in [0.05, 0.1) is 21.3 Å². The Labute approximate surface area is 90.3 Å². The fourth-order valence-corrected chi connectivity index (χ4v) is 1.39. The summed E-state index contributed by atoms with van der Waals surface area (Å²) in [7, 11) is 4.86. The van der Waals surface area contributed by atoms with Crippen molar-refractivity contribution >= 4 is 6.08 Å². The molecule has 0 spiro atoms. The monoisotopic (exact) mass is 208 g/mol. The van der Waals surface area contributed by atoms with Crippen LogP contribution in [0.4, 0.5) is 0 Å². The average molecular weight is 208 g/mol. The van der Waals surface area contributed by atoms with Crippen molar-refractivity contribution in [3.05, 3.63) is 23.8 Å². The predicted molar refractivity (Wildman–Crippen MR) is 60.8 cm³/mol. The molecule has 0 saturated heterocycles. The Morgan fingerprint density at radius 2 is 1.73 bits per heavy atom. The van der Waals surface area contributed by atoms with Gasteiger partial charge in [0.2, 0.25) is 0 Å². The number of ether oxygens (including phenoxy) is 3. The van der Waals surface area contributed by atoms with E-state index in [1.54, 1.807) is 27.4 Å². The van der Waals surface area contributed by atoms with Gasteiger partial charge in [0, 0.05) is 11.6 Å². The Morgan fingerprint density at radius 3 is 2.20 bits per heavy atom. The molecule has 0 radical (unpaired) electrons. The van der Waals surface area contributed by atoms with Crippen molar-refractivity contribution in [2.45, 2.75) is 6.92 Å². The van der Waals surface area contributed by atoms with Crippen LogP contribution in [0.2, 0.25) is 0 Å². The summed E-state index contributed by atoms with van der Waals surface area (Å²) in [4.78, 5) is 0. The number of rotatable bonds is 4. The van der Waals surface area contributed by atoms with Crippen molar-refractivity contribution in [2.75, 3.05) is 21.3 Å². The lowest BCUT2D eigenvalue weighted by molar-refractivity contribution is 0.348. The van der Waals surface area contributed by atoms with Crippen LogP contribution in [0.5, 0.6) is 17.2 Å². The van der Waals surface area contributed by atoms with Crippen LogP contribution in [0.25, 0.3) is 6.08 Å². The number of allylic oxidation sites excluding steroid dienone is 1. The van der Waals surface area contributed by atoms with E-state index in [-0.39, 0.29) is 0 Å². The fourth-order valence-electron chi connectivity index (χ4n) is 1.39. The van der Waals surface area contributed by atoms with Crippen LogP contribution < -0.4 is 14.2 Å². The topological polar surface area (TPSA) is 27.7 Å². The number of methoxy groups -OCH3 is 3. The Bertz CT molecular complexity index is 356. The zero-order chi connectivity index (χ0) is 11.3. The van der Waals surface area contributed by atoms with Gasteiger partial charge in [-0.3, -0.25) is 0 Å². The molecule has 3 nitrogen and oxygen atoms in total. The summed E-state index contributed by atoms with van der Waals surface area (Å²) in [5, 5.41) is 0. The number of hydrogen-bond acceptors (Lipinski definition) is 3. The zero-order valence-corrected chi connectivity index (χ0v) is 9.53. The Hall–Kier alpha value is -1.64. The quantitative estimate of drug-likeness (QED) is 0.761. The number of benzene rings is 1. The van der Waals surface area contributed by atoms with E-state index in [4.69, 9.17) is 14.2 Å². The molecule has 0 aliphatic rings. The lowest BCUT2D eigenvalue weighted by atomic mass is 10.1. The normalized spacial score (nSPS) is 10.4. The first-order valence-electron chi connectivity index (χ1n) is 4.69. The van der Waals surface area contributed by atoms with E-state index in [0.29, 0.717) is 5.75 Å². The largest absolute Gasteiger partial charge is 0.497 e. The first kappa shape index (κ1) is 11.4. The third-order valence-corrected chi connectivity index (χ3v) is 2.06. The van der Waals surface area contributed by atoms with Crippen molar-refractivity contribution in [1.82, 2.24) is 0 Å². The molecule has 0 amide bonds. The highest BCUT2D eigenvalue weighted by molar-refractivity contribution is 5.64. The SMILES string of the molecule is CC=Cc1cc(OC)cc(OC)c1OC. The molecule has 0 heterocycles. The van der Waals surface area contributed by atoms with Crippen molar-refractivity contribution in [2.24, 2.45) is 0 Å². The van der Waals surface area contributed by atoms with E-state index in [1.165, 1.54) is 0 Å². The number of hydrogen-bond donors (Lipinski definition) is 0. The van der Waals surface area contributed by atoms with Crippen LogP contribution in [-0.2, 0) is 0 Å². The second kappa shape index (κ2) is 5.29. The molecular weight excluding hydrogens is 192 g/mol. The molecule has 0 atom stereocenters. The molecule has 0 aromatic heterocycles. The smallest absolute Gasteiger partial charge is 0.168 e. The van der Waals surface area contributed by atoms with Gasteiger partial charge in [-0.15, -0.1) is 0 Å². The first-order valence-corrected chi connectivity index (χ1v) is 4.69. The van der Waals surface area contributed by atoms with Crippen LogP contribution >= 0.6 is 0 Å². The van der Waals surface area contributed by atoms with E-state index >= 15 is 0 Å². The van der Waals surface area contributed by atoms with E-state index in [9.17, 15) is 0 Å². The second-order valence-corrected chi connectivity index (χ2v) is 2.95. The van der Waals surface area contributed by atoms with Crippen molar-refractivity contribution in [3.8, 4) is 17.2 Å². The average Bonchev–Trinajstić information content (AvgIpc) is 2.28. The van der Waals surface area contributed by atoms with Crippen LogP contribution in [0.3, 0.4) is 0 Å². The Morgan fingerprint density at radius 1 is 1.00 bits per heavy atom. The minimum Gasteiger partial charge on any atom is -0.497 e. The summed E-state index contributed by atoms with van der Waals surface area (Å²) < 4.78 is 15.7. The van der Waals surface area contributed by atoms with Gasteiger partial charge in [-0.25, -0.2) is 0 Å². The third-order valence-electron chi connectivity index (χ3n) is 2.06. The molecule has 82 valence electrons. The third kappa shape index (κ3) is 2.43. The molecular formula is C12H16O3. The fraction of sp³-hybridized carbons (Fsp3) is 0.333. The maximum atomic E-state index is 5.29. The van der Waals surface area contributed by atoms with E-state index in [0.717, 1.165) is 17.1 Å². The summed E-state index contributed by atoms with van der Waals surface area (Å²) in [5.74, 6) is 2.14. The Kier molecular flexibility index (Phi) is 4.03. The molecule has 0 fully saturated rings. The van der Waals surface area contributed by atoms with E-state index in [1.807, 2.05) is 25.1 Å². The first-order chi connectivity index (χ1) is 7.26. The molecule has 15 heavy (non-hydrogen) atoms. The van der Waals surface area contributed by atoms with Gasteiger partial charge < -0.3 is 14.2 Å². The second-order valence-electron chi connectivity index (χ2n) is 2.95. The maximum absolute atomic E-state index is 5.29. The highest BCUT2D eigenvalue weighted by Gasteiger charge is 2.10. The molecule has 1 aromatic carbocycles. The van der Waals surface area contributed by atoms with Gasteiger partial charge in [-0.05, 0) is 13.0 Å². The van der Waals surface area contributed by atoms with Gasteiger partial charge in [-0.1, -0.05) is 12.2 Å². The predicted octanol–water partition coefficient (Wildman–Crippen LogP) is 2.75. The minimum absolute atomic E-state index is 0.671. The van der Waals surface area contributed by atoms with Crippen molar-refractivity contribution in [3.63, 3.8) is 0 Å². The summed E-state index contributed by atoms with van der Waals surface area (Å²) in [6, 6.07) is 3.70. The van der Waals surface area contributed by atoms with Crippen molar-refractivity contribution in [1.29, 1.82) is 0 Å². The van der Waals surface area contributed by atoms with Crippen LogP contribution in [0, 0.1) is 0 Å². The molecule has 0 aliphatic carbocycles. The van der Waals surface area contributed by atoms with Crippen LogP contribution in [-0.4, -0.2) is 21.3 Å². The molecule has 1 aromatic rings. The Balaban J connectivity index is 3.32. The van der Waals surface area contributed by atoms with E-state index < -0.39 is 0 Å². The van der Waals surface area contributed by atoms with Crippen molar-refractivity contribution < 1.29 is 14.2 Å². The molecule has 0 saturated carbocycles. The van der Waals surface area contributed by atoms with Crippen LogP contribution in [0.1, 0.15) is 12.5 Å². The molecule has 0 aliphatic heterocycles. The van der Waals surface area contributed by atoms with Gasteiger partial charge in [0.25, 0.3) is 0 Å². The molecule has 3 heteroatoms. The summed E-state index contributed by atoms with van der Waals surface area (Å²) >= 11 is 0. The summed E-state index contributed by atoms with van der Waals surface area (Å²) in [5.41, 5.74) is 0.941. The molecule has 0 unspecified atom stereocenters. The zero-order valence-electron chi connectivity index (χ0n) is 9.53. The minimum atomic E-state index is 0.671. The molecule has 0 bridgehead atoms. The van der Waals surface area contributed by atoms with Gasteiger partial charge in [0.1, 0.15) is 5.75 Å². The lowest BCUT2D eigenvalue weighted by Crippen LogP contribution is -1.94. The summed E-state index contributed by atoms with van der Waals surface area (Å²) in [6.07, 6.45) is 3.89. The standard InChI is InChI=1S/C12H16O3/c1-5-6-9-7-10(13-2)8-11(14-3)12(9)15-4/h5-8H,1-4H3. The summed E-state index contributed by atoms with van der Waals surface area (Å²) in [6.45, 7) is 1.95. The molecule has 1 rings (SSSR count). The highest BCUT2D eigenvalue weighted by atomic mass is 16.5. The molecule has 0 N–H and O–H groups in total. The van der Waals surface area contributed by atoms with Gasteiger partial charge >= 0.3 is 0 Å². The maximum Gasteiger partial charge on any atom is 0.168 e. The van der Waals surface area contributed by atoms with Gasteiger partial charge in [-0.2, -0.15) is 0 Å². The highest BCUT2D eigenvalue weighted by Crippen LogP contribution is 2.36. The van der Waals surface area contributed by atoms with Gasteiger partial charge in [0.15, 0.2) is 11.5 Å². The van der Waals surface area contributed by atoms with Crippen LogP contribution in [0.15, 0.2) is 18.2 Å². The lowest BCUT2D eigenvalue weighted by Gasteiger charge is -2.12.